The van der Waals surface area contributed by atoms with Crippen LogP contribution in [0.25, 0.3) is 0 Å². The van der Waals surface area contributed by atoms with Crippen molar-refractivity contribution in [3.05, 3.63) is 48.6 Å². The molecule has 0 aliphatic heterocycles. The summed E-state index contributed by atoms with van der Waals surface area (Å²) < 4.78 is 5.51. The first kappa shape index (κ1) is 92.8. The molecule has 0 radical (unpaired) electrons. The summed E-state index contributed by atoms with van der Waals surface area (Å²) in [6.07, 6.45) is 112. The van der Waals surface area contributed by atoms with Crippen LogP contribution in [-0.2, 0) is 14.3 Å². The van der Waals surface area contributed by atoms with Gasteiger partial charge in [-0.15, -0.1) is 0 Å². The predicted molar refractivity (Wildman–Crippen MR) is 421 cm³/mol. The van der Waals surface area contributed by atoms with Gasteiger partial charge in [0.15, 0.2) is 0 Å². The molecule has 6 nitrogen and oxygen atoms in total. The number of nitrogens with one attached hydrogen (secondary N) is 1. The lowest BCUT2D eigenvalue weighted by Crippen LogP contribution is -2.45. The van der Waals surface area contributed by atoms with Crippen LogP contribution in [0.3, 0.4) is 0 Å². The molecular formula is C89H169NO5. The van der Waals surface area contributed by atoms with E-state index in [1.54, 1.807) is 0 Å². The van der Waals surface area contributed by atoms with E-state index in [9.17, 15) is 19.8 Å². The van der Waals surface area contributed by atoms with Gasteiger partial charge < -0.3 is 20.3 Å². The summed E-state index contributed by atoms with van der Waals surface area (Å²) in [6, 6.07) is -0.542. The molecule has 0 spiro atoms. The summed E-state index contributed by atoms with van der Waals surface area (Å²) in [5, 5.41) is 23.5. The van der Waals surface area contributed by atoms with E-state index >= 15 is 0 Å². The number of amides is 1. The molecule has 3 N–H and O–H groups in total. The molecule has 0 aliphatic rings. The number of allylic oxidation sites excluding steroid dienone is 8. The Kier molecular flexibility index (Phi) is 82.3. The Hall–Kier alpha value is -2.18. The Morgan fingerprint density at radius 1 is 0.295 bits per heavy atom. The highest BCUT2D eigenvalue weighted by molar-refractivity contribution is 5.76. The normalized spacial score (nSPS) is 12.7. The monoisotopic (exact) mass is 1330 g/mol. The third kappa shape index (κ3) is 80.7. The smallest absolute Gasteiger partial charge is 0.305 e. The SMILES string of the molecule is CCCCCC/C=C\C/C=C\CCCCCCCCCC(=O)OCCCCCCCCCCCCC/C=C\C/C=C\CCCCCCCCCCCCCCCCCCCC(=O)NC(CO)C(O)CCCCCCCCCCCCCCCCCCCCCCCCCCC. The summed E-state index contributed by atoms with van der Waals surface area (Å²) >= 11 is 0. The van der Waals surface area contributed by atoms with Crippen LogP contribution < -0.4 is 5.32 Å². The van der Waals surface area contributed by atoms with Gasteiger partial charge in [-0.05, 0) is 89.9 Å². The molecule has 2 atom stereocenters. The number of esters is 1. The zero-order valence-corrected chi connectivity index (χ0v) is 64.4. The maximum atomic E-state index is 12.6. The van der Waals surface area contributed by atoms with E-state index in [-0.39, 0.29) is 18.5 Å². The van der Waals surface area contributed by atoms with Gasteiger partial charge in [-0.2, -0.15) is 0 Å². The molecule has 0 bridgehead atoms. The molecule has 95 heavy (non-hydrogen) atoms. The Morgan fingerprint density at radius 3 is 0.811 bits per heavy atom. The fourth-order valence-corrected chi connectivity index (χ4v) is 13.8. The topological polar surface area (TPSA) is 95.9 Å². The number of hydrogen-bond donors (Lipinski definition) is 3. The van der Waals surface area contributed by atoms with Crippen LogP contribution in [0.4, 0.5) is 0 Å². The highest BCUT2D eigenvalue weighted by Crippen LogP contribution is 2.20. The number of carbonyl (C=O) groups is 2. The van der Waals surface area contributed by atoms with Gasteiger partial charge in [0.25, 0.3) is 0 Å². The molecule has 1 amide bonds. The molecule has 0 fully saturated rings. The van der Waals surface area contributed by atoms with Gasteiger partial charge in [0.2, 0.25) is 5.91 Å². The van der Waals surface area contributed by atoms with Crippen molar-refractivity contribution in [3.63, 3.8) is 0 Å². The quantitative estimate of drug-likeness (QED) is 0.0320. The second-order valence-corrected chi connectivity index (χ2v) is 29.9. The molecule has 0 heterocycles. The molecule has 0 aliphatic carbocycles. The maximum Gasteiger partial charge on any atom is 0.305 e. The molecule has 0 aromatic heterocycles. The Labute approximate surface area is 595 Å². The maximum absolute atomic E-state index is 12.6. The van der Waals surface area contributed by atoms with Crippen LogP contribution in [0.15, 0.2) is 48.6 Å². The fourth-order valence-electron chi connectivity index (χ4n) is 13.8. The van der Waals surface area contributed by atoms with Gasteiger partial charge in [-0.3, -0.25) is 9.59 Å². The minimum atomic E-state index is -0.665. The van der Waals surface area contributed by atoms with Gasteiger partial charge in [-0.25, -0.2) is 0 Å². The van der Waals surface area contributed by atoms with E-state index in [1.165, 1.54) is 392 Å². The van der Waals surface area contributed by atoms with Crippen molar-refractivity contribution in [2.45, 2.75) is 495 Å². The lowest BCUT2D eigenvalue weighted by molar-refractivity contribution is -0.143. The van der Waals surface area contributed by atoms with Gasteiger partial charge in [0.05, 0.1) is 25.4 Å². The lowest BCUT2D eigenvalue weighted by Gasteiger charge is -2.22. The number of hydrogen-bond acceptors (Lipinski definition) is 5. The van der Waals surface area contributed by atoms with Crippen molar-refractivity contribution < 1.29 is 24.5 Å². The van der Waals surface area contributed by atoms with E-state index < -0.39 is 12.1 Å². The average molecular weight is 1330 g/mol. The molecular weight excluding hydrogens is 1160 g/mol. The number of aliphatic hydroxyl groups is 2. The molecule has 0 aromatic carbocycles. The van der Waals surface area contributed by atoms with E-state index in [4.69, 9.17) is 4.74 Å². The largest absolute Gasteiger partial charge is 0.466 e. The van der Waals surface area contributed by atoms with Gasteiger partial charge >= 0.3 is 5.97 Å². The molecule has 6 heteroatoms. The van der Waals surface area contributed by atoms with Crippen molar-refractivity contribution in [2.24, 2.45) is 0 Å². The van der Waals surface area contributed by atoms with E-state index in [0.29, 0.717) is 25.9 Å². The van der Waals surface area contributed by atoms with Crippen LogP contribution >= 0.6 is 0 Å². The van der Waals surface area contributed by atoms with Crippen molar-refractivity contribution >= 4 is 11.9 Å². The highest BCUT2D eigenvalue weighted by atomic mass is 16.5. The van der Waals surface area contributed by atoms with Crippen molar-refractivity contribution in [3.8, 4) is 0 Å². The minimum Gasteiger partial charge on any atom is -0.466 e. The molecule has 0 aromatic rings. The van der Waals surface area contributed by atoms with Crippen LogP contribution in [0.2, 0.25) is 0 Å². The van der Waals surface area contributed by atoms with E-state index in [1.807, 2.05) is 0 Å². The summed E-state index contributed by atoms with van der Waals surface area (Å²) in [7, 11) is 0. The third-order valence-electron chi connectivity index (χ3n) is 20.4. The van der Waals surface area contributed by atoms with Crippen LogP contribution in [0.1, 0.15) is 483 Å². The molecule has 0 saturated carbocycles. The highest BCUT2D eigenvalue weighted by Gasteiger charge is 2.20. The summed E-state index contributed by atoms with van der Waals surface area (Å²) in [5.74, 6) is -0.0167. The standard InChI is InChI=1S/C89H169NO5/c1-3-5-7-9-11-13-15-17-19-21-23-24-25-37-40-43-46-49-53-57-61-65-69-73-77-81-87(92)86(85-91)90-88(93)82-78-74-70-66-62-58-54-50-47-44-41-38-35-33-31-29-27-26-28-30-32-34-36-39-42-45-48-52-56-60-64-68-72-76-80-84-95-89(94)83-79-75-71-67-63-59-55-51-22-20-18-16-14-12-10-8-6-4-2/h14,16,20,22,28,30,34,36,86-87,91-92H,3-13,15,17-19,21,23-27,29,31-33,35,37-85H2,1-2H3,(H,90,93)/b16-14-,22-20-,30-28-,36-34-. The third-order valence-corrected chi connectivity index (χ3v) is 20.4. The van der Waals surface area contributed by atoms with E-state index in [2.05, 4.69) is 67.8 Å². The number of rotatable bonds is 82. The summed E-state index contributed by atoms with van der Waals surface area (Å²) in [5.41, 5.74) is 0. The van der Waals surface area contributed by atoms with Gasteiger partial charge in [0, 0.05) is 12.8 Å². The number of carbonyl (C=O) groups excluding carboxylic acids is 2. The predicted octanol–water partition coefficient (Wildman–Crippen LogP) is 29.1. The number of ether oxygens (including phenoxy) is 1. The van der Waals surface area contributed by atoms with Crippen molar-refractivity contribution in [2.75, 3.05) is 13.2 Å². The van der Waals surface area contributed by atoms with E-state index in [0.717, 1.165) is 57.8 Å². The fraction of sp³-hybridized carbons (Fsp3) is 0.888. The molecule has 560 valence electrons. The summed E-state index contributed by atoms with van der Waals surface area (Å²) in [6.45, 7) is 4.98. The zero-order valence-electron chi connectivity index (χ0n) is 64.4. The lowest BCUT2D eigenvalue weighted by atomic mass is 10.0. The van der Waals surface area contributed by atoms with Gasteiger partial charge in [0.1, 0.15) is 0 Å². The Balaban J connectivity index is 3.37. The molecule has 0 rings (SSSR count). The number of unbranched alkanes of at least 4 members (excludes halogenated alkanes) is 63. The van der Waals surface area contributed by atoms with Crippen LogP contribution in [-0.4, -0.2) is 47.4 Å². The first-order valence-electron chi connectivity index (χ1n) is 43.4. The summed E-state index contributed by atoms with van der Waals surface area (Å²) in [4.78, 5) is 24.7. The van der Waals surface area contributed by atoms with Crippen LogP contribution in [0.5, 0.6) is 0 Å². The minimum absolute atomic E-state index is 0.0102. The molecule has 0 saturated heterocycles. The van der Waals surface area contributed by atoms with Gasteiger partial charge in [-0.1, -0.05) is 428 Å². The number of aliphatic hydroxyl groups excluding tert-OH is 2. The average Bonchev–Trinajstić information content (AvgIpc) is 3.31. The second-order valence-electron chi connectivity index (χ2n) is 29.9. The Bertz CT molecular complexity index is 1590. The van der Waals surface area contributed by atoms with Crippen molar-refractivity contribution in [1.29, 1.82) is 0 Å². The van der Waals surface area contributed by atoms with Crippen molar-refractivity contribution in [1.82, 2.24) is 5.32 Å². The first-order chi connectivity index (χ1) is 47.0. The second kappa shape index (κ2) is 84.2. The first-order valence-corrected chi connectivity index (χ1v) is 43.4. The molecule has 2 unspecified atom stereocenters. The Morgan fingerprint density at radius 2 is 0.526 bits per heavy atom. The van der Waals surface area contributed by atoms with Crippen LogP contribution in [0, 0.1) is 0 Å². The zero-order chi connectivity index (χ0) is 68.4.